The molecular formula is C21H35N5O4S. The van der Waals surface area contributed by atoms with Crippen molar-refractivity contribution < 1.29 is 13.3 Å². The van der Waals surface area contributed by atoms with Gasteiger partial charge in [-0.05, 0) is 52.0 Å². The Bertz CT molecular complexity index is 863. The molecule has 2 fully saturated rings. The highest BCUT2D eigenvalue weighted by molar-refractivity contribution is 7.89. The van der Waals surface area contributed by atoms with Gasteiger partial charge in [-0.1, -0.05) is 19.3 Å². The topological polar surface area (TPSA) is 99.0 Å². The van der Waals surface area contributed by atoms with Gasteiger partial charge in [0.25, 0.3) is 5.69 Å². The molecule has 174 valence electrons. The van der Waals surface area contributed by atoms with Gasteiger partial charge in [0.15, 0.2) is 0 Å². The molecule has 0 amide bonds. The second-order valence-corrected chi connectivity index (χ2v) is 10.9. The van der Waals surface area contributed by atoms with Crippen molar-refractivity contribution in [2.45, 2.75) is 43.0 Å². The Morgan fingerprint density at radius 3 is 2.39 bits per heavy atom. The van der Waals surface area contributed by atoms with Crippen molar-refractivity contribution in [2.24, 2.45) is 5.92 Å². The van der Waals surface area contributed by atoms with E-state index in [0.29, 0.717) is 44.3 Å². The second kappa shape index (κ2) is 10.2. The van der Waals surface area contributed by atoms with Crippen LogP contribution in [0.3, 0.4) is 0 Å². The van der Waals surface area contributed by atoms with E-state index < -0.39 is 14.9 Å². The zero-order valence-corrected chi connectivity index (χ0v) is 19.6. The number of piperazine rings is 1. The minimum absolute atomic E-state index is 0.0225. The van der Waals surface area contributed by atoms with E-state index in [1.165, 1.54) is 54.6 Å². The molecule has 1 aliphatic carbocycles. The number of nitrogens with zero attached hydrogens (tertiary/aromatic N) is 4. The first-order valence-electron chi connectivity index (χ1n) is 11.1. The summed E-state index contributed by atoms with van der Waals surface area (Å²) in [7, 11) is 2.28. The molecule has 1 heterocycles. The predicted molar refractivity (Wildman–Crippen MR) is 122 cm³/mol. The molecule has 2 aliphatic rings. The van der Waals surface area contributed by atoms with Crippen molar-refractivity contribution in [3.8, 4) is 0 Å². The molecule has 9 nitrogen and oxygen atoms in total. The molecule has 0 radical (unpaired) electrons. The quantitative estimate of drug-likeness (QED) is 0.477. The first kappa shape index (κ1) is 23.9. The molecule has 1 aromatic carbocycles. The summed E-state index contributed by atoms with van der Waals surface area (Å²) in [5.74, 6) is 0.562. The maximum Gasteiger partial charge on any atom is 0.293 e. The van der Waals surface area contributed by atoms with Gasteiger partial charge in [0.1, 0.15) is 5.69 Å². The van der Waals surface area contributed by atoms with Crippen LogP contribution in [0, 0.1) is 16.0 Å². The molecule has 1 unspecified atom stereocenters. The van der Waals surface area contributed by atoms with Crippen LogP contribution in [0.25, 0.3) is 0 Å². The van der Waals surface area contributed by atoms with E-state index in [2.05, 4.69) is 15.1 Å². The largest absolute Gasteiger partial charge is 0.378 e. The second-order valence-electron chi connectivity index (χ2n) is 8.95. The van der Waals surface area contributed by atoms with Crippen LogP contribution >= 0.6 is 0 Å². The Balaban J connectivity index is 1.78. The van der Waals surface area contributed by atoms with Gasteiger partial charge in [0, 0.05) is 44.8 Å². The highest BCUT2D eigenvalue weighted by Crippen LogP contribution is 2.32. The SMILES string of the molecule is CN1CCN(S(=O)(=O)c2ccc(NCC(C3CCCCC3)N(C)C)c([N+](=O)[O-])c2)CC1. The third-order valence-corrected chi connectivity index (χ3v) is 8.52. The molecule has 1 aliphatic heterocycles. The normalized spacial score (nSPS) is 20.6. The molecule has 10 heteroatoms. The van der Waals surface area contributed by atoms with E-state index in [4.69, 9.17) is 0 Å². The summed E-state index contributed by atoms with van der Waals surface area (Å²) in [4.78, 5) is 15.5. The van der Waals surface area contributed by atoms with Crippen molar-refractivity contribution in [2.75, 3.05) is 59.2 Å². The monoisotopic (exact) mass is 453 g/mol. The number of nitro benzene ring substituents is 1. The predicted octanol–water partition coefficient (Wildman–Crippen LogP) is 2.45. The van der Waals surface area contributed by atoms with Gasteiger partial charge < -0.3 is 15.1 Å². The highest BCUT2D eigenvalue weighted by Gasteiger charge is 2.30. The molecule has 1 saturated carbocycles. The Morgan fingerprint density at radius 2 is 1.81 bits per heavy atom. The molecular weight excluding hydrogens is 418 g/mol. The lowest BCUT2D eigenvalue weighted by molar-refractivity contribution is -0.384. The van der Waals surface area contributed by atoms with Crippen molar-refractivity contribution in [1.82, 2.24) is 14.1 Å². The maximum absolute atomic E-state index is 13.0. The van der Waals surface area contributed by atoms with Crippen molar-refractivity contribution >= 4 is 21.4 Å². The van der Waals surface area contributed by atoms with Gasteiger partial charge >= 0.3 is 0 Å². The summed E-state index contributed by atoms with van der Waals surface area (Å²) in [5, 5.41) is 15.0. The molecule has 0 aromatic heterocycles. The van der Waals surface area contributed by atoms with Crippen LogP contribution in [0.1, 0.15) is 32.1 Å². The van der Waals surface area contributed by atoms with Crippen LogP contribution in [0.15, 0.2) is 23.1 Å². The number of nitro groups is 1. The van der Waals surface area contributed by atoms with E-state index in [1.807, 2.05) is 21.1 Å². The maximum atomic E-state index is 13.0. The minimum atomic E-state index is -3.75. The lowest BCUT2D eigenvalue weighted by Gasteiger charge is -2.35. The number of likely N-dealkylation sites (N-methyl/N-ethyl adjacent to an activating group) is 2. The molecule has 1 atom stereocenters. The molecule has 0 bridgehead atoms. The van der Waals surface area contributed by atoms with Crippen molar-refractivity contribution in [3.05, 3.63) is 28.3 Å². The van der Waals surface area contributed by atoms with Gasteiger partial charge in [-0.15, -0.1) is 0 Å². The number of benzene rings is 1. The number of hydrogen-bond donors (Lipinski definition) is 1. The van der Waals surface area contributed by atoms with E-state index in [-0.39, 0.29) is 16.6 Å². The first-order valence-corrected chi connectivity index (χ1v) is 12.5. The summed E-state index contributed by atoms with van der Waals surface area (Å²) < 4.78 is 27.4. The average Bonchev–Trinajstić information content (AvgIpc) is 2.74. The number of sulfonamides is 1. The Kier molecular flexibility index (Phi) is 7.90. The van der Waals surface area contributed by atoms with Gasteiger partial charge in [-0.2, -0.15) is 4.31 Å². The number of anilines is 1. The molecule has 1 N–H and O–H groups in total. The van der Waals surface area contributed by atoms with Crippen LogP contribution < -0.4 is 5.32 Å². The van der Waals surface area contributed by atoms with Crippen molar-refractivity contribution in [3.63, 3.8) is 0 Å². The first-order chi connectivity index (χ1) is 14.7. The number of hydrogen-bond acceptors (Lipinski definition) is 7. The zero-order chi connectivity index (χ0) is 22.6. The fourth-order valence-corrected chi connectivity index (χ4v) is 6.10. The van der Waals surface area contributed by atoms with E-state index in [0.717, 1.165) is 0 Å². The standard InChI is InChI=1S/C21H35N5O4S/c1-23(2)21(17-7-5-4-6-8-17)16-22-19-10-9-18(15-20(19)26(27)28)31(29,30)25-13-11-24(3)12-14-25/h9-10,15,17,21-22H,4-8,11-14,16H2,1-3H3. The van der Waals surface area contributed by atoms with Crippen molar-refractivity contribution in [1.29, 1.82) is 0 Å². The lowest BCUT2D eigenvalue weighted by atomic mass is 9.83. The van der Waals surface area contributed by atoms with Gasteiger partial charge in [-0.25, -0.2) is 8.42 Å². The van der Waals surface area contributed by atoms with E-state index in [1.54, 1.807) is 0 Å². The number of rotatable bonds is 8. The molecule has 1 saturated heterocycles. The van der Waals surface area contributed by atoms with Crippen LogP contribution in [0.5, 0.6) is 0 Å². The lowest BCUT2D eigenvalue weighted by Crippen LogP contribution is -2.47. The van der Waals surface area contributed by atoms with Gasteiger partial charge in [0.2, 0.25) is 10.0 Å². The Labute approximate surface area is 185 Å². The summed E-state index contributed by atoms with van der Waals surface area (Å²) >= 11 is 0. The summed E-state index contributed by atoms with van der Waals surface area (Å²) in [6.07, 6.45) is 6.09. The van der Waals surface area contributed by atoms with Gasteiger partial charge in [0.05, 0.1) is 9.82 Å². The van der Waals surface area contributed by atoms with E-state index in [9.17, 15) is 18.5 Å². The Morgan fingerprint density at radius 1 is 1.16 bits per heavy atom. The smallest absolute Gasteiger partial charge is 0.293 e. The molecule has 3 rings (SSSR count). The molecule has 1 aromatic rings. The highest BCUT2D eigenvalue weighted by atomic mass is 32.2. The average molecular weight is 454 g/mol. The minimum Gasteiger partial charge on any atom is -0.378 e. The molecule has 31 heavy (non-hydrogen) atoms. The van der Waals surface area contributed by atoms with Crippen LogP contribution in [0.2, 0.25) is 0 Å². The summed E-state index contributed by atoms with van der Waals surface area (Å²) in [6.45, 7) is 2.66. The number of nitrogens with one attached hydrogen (secondary N) is 1. The fourth-order valence-electron chi connectivity index (χ4n) is 4.65. The van der Waals surface area contributed by atoms with Crippen LogP contribution in [-0.2, 0) is 10.0 Å². The van der Waals surface area contributed by atoms with E-state index >= 15 is 0 Å². The summed E-state index contributed by atoms with van der Waals surface area (Å²) in [6, 6.07) is 4.48. The summed E-state index contributed by atoms with van der Waals surface area (Å²) in [5.41, 5.74) is 0.168. The third-order valence-electron chi connectivity index (χ3n) is 6.62. The molecule has 0 spiro atoms. The van der Waals surface area contributed by atoms with Crippen LogP contribution in [-0.4, -0.2) is 87.4 Å². The fraction of sp³-hybridized carbons (Fsp3) is 0.714. The zero-order valence-electron chi connectivity index (χ0n) is 18.8. The Hall–Kier alpha value is -1.75. The third kappa shape index (κ3) is 5.74. The van der Waals surface area contributed by atoms with Crippen LogP contribution in [0.4, 0.5) is 11.4 Å². The van der Waals surface area contributed by atoms with Gasteiger partial charge in [-0.3, -0.25) is 10.1 Å².